The molecular formula is C13H20N6O. The van der Waals surface area contributed by atoms with Gasteiger partial charge in [0.25, 0.3) is 0 Å². The molecule has 0 saturated heterocycles. The monoisotopic (exact) mass is 276 g/mol. The highest BCUT2D eigenvalue weighted by atomic mass is 16.4. The number of nitrogens with zero attached hydrogens (tertiary/aromatic N) is 3. The van der Waals surface area contributed by atoms with Crippen LogP contribution in [0.5, 0.6) is 0 Å². The van der Waals surface area contributed by atoms with Crippen molar-refractivity contribution in [1.82, 2.24) is 15.0 Å². The van der Waals surface area contributed by atoms with Gasteiger partial charge in [-0.3, -0.25) is 0 Å². The van der Waals surface area contributed by atoms with Crippen LogP contribution in [0, 0.1) is 6.92 Å². The summed E-state index contributed by atoms with van der Waals surface area (Å²) in [6.45, 7) is 5.91. The maximum Gasteiger partial charge on any atom is 0.216 e. The normalized spacial score (nSPS) is 12.2. The minimum atomic E-state index is -0.0845. The SMILES string of the molecule is CCCc1nc(NN)cc(NC(C)c2ncc(C)o2)n1. The first-order valence-corrected chi connectivity index (χ1v) is 6.65. The van der Waals surface area contributed by atoms with Crippen molar-refractivity contribution < 1.29 is 4.42 Å². The van der Waals surface area contributed by atoms with Crippen LogP contribution in [-0.4, -0.2) is 15.0 Å². The van der Waals surface area contributed by atoms with E-state index in [1.807, 2.05) is 13.8 Å². The summed E-state index contributed by atoms with van der Waals surface area (Å²) < 4.78 is 5.49. The van der Waals surface area contributed by atoms with E-state index < -0.39 is 0 Å². The lowest BCUT2D eigenvalue weighted by Gasteiger charge is -2.13. The summed E-state index contributed by atoms with van der Waals surface area (Å²) in [5.74, 6) is 8.87. The van der Waals surface area contributed by atoms with Crippen molar-refractivity contribution in [1.29, 1.82) is 0 Å². The van der Waals surface area contributed by atoms with Crippen LogP contribution in [0.15, 0.2) is 16.7 Å². The standard InChI is InChI=1S/C13H20N6O/c1-4-5-10-17-11(6-12(18-10)19-14)16-9(3)13-15-7-8(2)20-13/h6-7,9H,4-5,14H2,1-3H3,(H2,16,17,18,19). The van der Waals surface area contributed by atoms with Crippen molar-refractivity contribution in [3.63, 3.8) is 0 Å². The minimum absolute atomic E-state index is 0.0845. The smallest absolute Gasteiger partial charge is 0.216 e. The summed E-state index contributed by atoms with van der Waals surface area (Å²) in [5.41, 5.74) is 2.55. The van der Waals surface area contributed by atoms with Gasteiger partial charge < -0.3 is 15.2 Å². The fourth-order valence-corrected chi connectivity index (χ4v) is 1.84. The number of hydrazine groups is 1. The predicted molar refractivity (Wildman–Crippen MR) is 77.1 cm³/mol. The summed E-state index contributed by atoms with van der Waals surface area (Å²) in [6.07, 6.45) is 3.47. The highest BCUT2D eigenvalue weighted by Crippen LogP contribution is 2.19. The van der Waals surface area contributed by atoms with E-state index in [-0.39, 0.29) is 6.04 Å². The molecule has 20 heavy (non-hydrogen) atoms. The summed E-state index contributed by atoms with van der Waals surface area (Å²) in [5, 5.41) is 3.24. The third-order valence-electron chi connectivity index (χ3n) is 2.77. The molecule has 0 amide bonds. The number of aromatic nitrogens is 3. The second-order valence-electron chi connectivity index (χ2n) is 4.62. The molecule has 0 aliphatic carbocycles. The van der Waals surface area contributed by atoms with Crippen LogP contribution >= 0.6 is 0 Å². The number of anilines is 2. The molecule has 0 aliphatic heterocycles. The highest BCUT2D eigenvalue weighted by Gasteiger charge is 2.13. The van der Waals surface area contributed by atoms with Crippen molar-refractivity contribution in [2.24, 2.45) is 5.84 Å². The van der Waals surface area contributed by atoms with Crippen LogP contribution in [0.3, 0.4) is 0 Å². The number of hydrogen-bond donors (Lipinski definition) is 3. The maximum absolute atomic E-state index is 5.49. The van der Waals surface area contributed by atoms with Gasteiger partial charge in [-0.25, -0.2) is 20.8 Å². The first kappa shape index (κ1) is 14.3. The number of hydrogen-bond acceptors (Lipinski definition) is 7. The number of oxazole rings is 1. The van der Waals surface area contributed by atoms with Gasteiger partial charge in [0.15, 0.2) is 0 Å². The molecule has 0 spiro atoms. The van der Waals surface area contributed by atoms with Gasteiger partial charge in [-0.15, -0.1) is 0 Å². The summed E-state index contributed by atoms with van der Waals surface area (Å²) in [6, 6.07) is 1.67. The zero-order valence-electron chi connectivity index (χ0n) is 12.0. The van der Waals surface area contributed by atoms with E-state index in [1.54, 1.807) is 12.3 Å². The molecule has 2 aromatic rings. The third kappa shape index (κ3) is 3.45. The molecule has 108 valence electrons. The van der Waals surface area contributed by atoms with E-state index in [1.165, 1.54) is 0 Å². The quantitative estimate of drug-likeness (QED) is 0.549. The molecule has 2 aromatic heterocycles. The molecule has 7 nitrogen and oxygen atoms in total. The van der Waals surface area contributed by atoms with Gasteiger partial charge in [-0.2, -0.15) is 0 Å². The van der Waals surface area contributed by atoms with Crippen LogP contribution < -0.4 is 16.6 Å². The van der Waals surface area contributed by atoms with Gasteiger partial charge in [-0.1, -0.05) is 6.92 Å². The second-order valence-corrected chi connectivity index (χ2v) is 4.62. The molecule has 0 fully saturated rings. The Kier molecular flexibility index (Phi) is 4.52. The van der Waals surface area contributed by atoms with Gasteiger partial charge in [0.2, 0.25) is 5.89 Å². The number of nitrogens with one attached hydrogen (secondary N) is 2. The van der Waals surface area contributed by atoms with Crippen LogP contribution in [0.25, 0.3) is 0 Å². The molecule has 2 heterocycles. The van der Waals surface area contributed by atoms with E-state index in [0.717, 1.165) is 24.4 Å². The van der Waals surface area contributed by atoms with Crippen LogP contribution in [0.4, 0.5) is 11.6 Å². The van der Waals surface area contributed by atoms with Gasteiger partial charge in [-0.05, 0) is 20.3 Å². The van der Waals surface area contributed by atoms with Gasteiger partial charge >= 0.3 is 0 Å². The van der Waals surface area contributed by atoms with Gasteiger partial charge in [0.05, 0.1) is 6.20 Å². The fraction of sp³-hybridized carbons (Fsp3) is 0.462. The number of nitrogens with two attached hydrogens (primary N) is 1. The fourth-order valence-electron chi connectivity index (χ4n) is 1.84. The van der Waals surface area contributed by atoms with Crippen molar-refractivity contribution in [3.05, 3.63) is 29.7 Å². The Balaban J connectivity index is 2.17. The molecule has 1 unspecified atom stereocenters. The largest absolute Gasteiger partial charge is 0.444 e. The van der Waals surface area contributed by atoms with E-state index in [4.69, 9.17) is 10.3 Å². The second kappa shape index (κ2) is 6.33. The Morgan fingerprint density at radius 1 is 1.35 bits per heavy atom. The van der Waals surface area contributed by atoms with Crippen molar-refractivity contribution in [2.75, 3.05) is 10.7 Å². The summed E-state index contributed by atoms with van der Waals surface area (Å²) in [4.78, 5) is 13.0. The summed E-state index contributed by atoms with van der Waals surface area (Å²) >= 11 is 0. The lowest BCUT2D eigenvalue weighted by atomic mass is 10.3. The molecular weight excluding hydrogens is 256 g/mol. The molecule has 0 aliphatic rings. The topological polar surface area (TPSA) is 102 Å². The maximum atomic E-state index is 5.49. The molecule has 7 heteroatoms. The van der Waals surface area contributed by atoms with Crippen molar-refractivity contribution >= 4 is 11.6 Å². The number of aryl methyl sites for hydroxylation is 2. The van der Waals surface area contributed by atoms with Crippen LogP contribution in [0.1, 0.15) is 43.8 Å². The molecule has 0 radical (unpaired) electrons. The Bertz CT molecular complexity index is 568. The highest BCUT2D eigenvalue weighted by molar-refractivity contribution is 5.47. The van der Waals surface area contributed by atoms with E-state index in [0.29, 0.717) is 17.5 Å². The summed E-state index contributed by atoms with van der Waals surface area (Å²) in [7, 11) is 0. The van der Waals surface area contributed by atoms with E-state index >= 15 is 0 Å². The van der Waals surface area contributed by atoms with Crippen LogP contribution in [-0.2, 0) is 6.42 Å². The Morgan fingerprint density at radius 3 is 2.70 bits per heavy atom. The Hall–Kier alpha value is -2.15. The van der Waals surface area contributed by atoms with Crippen molar-refractivity contribution in [3.8, 4) is 0 Å². The number of rotatable bonds is 6. The van der Waals surface area contributed by atoms with Gasteiger partial charge in [0.1, 0.15) is 29.3 Å². The average molecular weight is 276 g/mol. The van der Waals surface area contributed by atoms with E-state index in [2.05, 4.69) is 32.6 Å². The Labute approximate surface area is 118 Å². The predicted octanol–water partition coefficient (Wildman–Crippen LogP) is 2.18. The van der Waals surface area contributed by atoms with E-state index in [9.17, 15) is 0 Å². The first-order chi connectivity index (χ1) is 9.62. The zero-order chi connectivity index (χ0) is 14.5. The molecule has 1 atom stereocenters. The van der Waals surface area contributed by atoms with Crippen molar-refractivity contribution in [2.45, 2.75) is 39.7 Å². The Morgan fingerprint density at radius 2 is 2.10 bits per heavy atom. The molecule has 0 saturated carbocycles. The molecule has 0 aromatic carbocycles. The minimum Gasteiger partial charge on any atom is -0.444 e. The van der Waals surface area contributed by atoms with Gasteiger partial charge in [0, 0.05) is 12.5 Å². The average Bonchev–Trinajstić information content (AvgIpc) is 2.85. The van der Waals surface area contributed by atoms with Crippen LogP contribution in [0.2, 0.25) is 0 Å². The molecule has 0 bridgehead atoms. The number of nitrogen functional groups attached to an aromatic ring is 1. The molecule has 2 rings (SSSR count). The first-order valence-electron chi connectivity index (χ1n) is 6.65. The molecule has 4 N–H and O–H groups in total. The lowest BCUT2D eigenvalue weighted by molar-refractivity contribution is 0.453. The third-order valence-corrected chi connectivity index (χ3v) is 2.77. The lowest BCUT2D eigenvalue weighted by Crippen LogP contribution is -2.14. The zero-order valence-corrected chi connectivity index (χ0v) is 12.0.